The van der Waals surface area contributed by atoms with E-state index in [9.17, 15) is 4.39 Å². The van der Waals surface area contributed by atoms with E-state index in [1.807, 2.05) is 30.3 Å². The van der Waals surface area contributed by atoms with E-state index in [0.717, 1.165) is 29.9 Å². The van der Waals surface area contributed by atoms with Crippen LogP contribution in [0.5, 0.6) is 0 Å². The highest BCUT2D eigenvalue weighted by molar-refractivity contribution is 5.33. The van der Waals surface area contributed by atoms with Crippen molar-refractivity contribution in [1.82, 2.24) is 10.1 Å². The predicted molar refractivity (Wildman–Crippen MR) is 99.3 cm³/mol. The molecule has 0 fully saturated rings. The van der Waals surface area contributed by atoms with Crippen LogP contribution in [0, 0.1) is 5.82 Å². The number of aromatic nitrogens is 1. The van der Waals surface area contributed by atoms with Gasteiger partial charge in [-0.25, -0.2) is 4.39 Å². The Morgan fingerprint density at radius 1 is 1.00 bits per heavy atom. The second-order valence-corrected chi connectivity index (χ2v) is 7.02. The van der Waals surface area contributed by atoms with Gasteiger partial charge in [-0.05, 0) is 49.6 Å². The number of rotatable bonds is 5. The van der Waals surface area contributed by atoms with Crippen LogP contribution in [0.2, 0.25) is 0 Å². The van der Waals surface area contributed by atoms with Gasteiger partial charge in [0.1, 0.15) is 17.3 Å². The number of benzene rings is 2. The van der Waals surface area contributed by atoms with Crippen molar-refractivity contribution in [3.05, 3.63) is 88.6 Å². The maximum atomic E-state index is 13.4. The summed E-state index contributed by atoms with van der Waals surface area (Å²) in [6.07, 6.45) is 4.42. The Labute approximate surface area is 153 Å². The van der Waals surface area contributed by atoms with Gasteiger partial charge in [0.05, 0.1) is 6.04 Å². The first kappa shape index (κ1) is 17.0. The third-order valence-corrected chi connectivity index (χ3v) is 5.17. The predicted octanol–water partition coefficient (Wildman–Crippen LogP) is 4.91. The third-order valence-electron chi connectivity index (χ3n) is 5.17. The molecule has 4 heteroatoms. The summed E-state index contributed by atoms with van der Waals surface area (Å²) in [5, 5.41) is 4.34. The second kappa shape index (κ2) is 7.42. The van der Waals surface area contributed by atoms with Crippen molar-refractivity contribution in [2.45, 2.75) is 38.3 Å². The molecule has 1 aliphatic carbocycles. The first-order chi connectivity index (χ1) is 12.7. The highest BCUT2D eigenvalue weighted by Crippen LogP contribution is 2.31. The minimum absolute atomic E-state index is 0.0349. The van der Waals surface area contributed by atoms with Crippen LogP contribution in [0.25, 0.3) is 0 Å². The van der Waals surface area contributed by atoms with Crippen molar-refractivity contribution in [1.29, 1.82) is 0 Å². The molecule has 0 bridgehead atoms. The van der Waals surface area contributed by atoms with Crippen molar-refractivity contribution < 1.29 is 8.91 Å². The molecule has 1 heterocycles. The summed E-state index contributed by atoms with van der Waals surface area (Å²) in [5.41, 5.74) is 4.57. The molecule has 26 heavy (non-hydrogen) atoms. The molecule has 2 aromatic carbocycles. The molecule has 0 amide bonds. The molecule has 0 radical (unpaired) electrons. The van der Waals surface area contributed by atoms with Crippen LogP contribution in [0.3, 0.4) is 0 Å². The van der Waals surface area contributed by atoms with E-state index in [-0.39, 0.29) is 11.9 Å². The van der Waals surface area contributed by atoms with Crippen LogP contribution in [0.1, 0.15) is 47.0 Å². The fourth-order valence-electron chi connectivity index (χ4n) is 3.88. The van der Waals surface area contributed by atoms with Crippen LogP contribution >= 0.6 is 0 Å². The van der Waals surface area contributed by atoms with Gasteiger partial charge in [0.25, 0.3) is 0 Å². The Morgan fingerprint density at radius 2 is 1.69 bits per heavy atom. The summed E-state index contributed by atoms with van der Waals surface area (Å²) in [5.74, 6) is 0.839. The topological polar surface area (TPSA) is 29.3 Å². The lowest BCUT2D eigenvalue weighted by molar-refractivity contribution is 0.259. The Balaban J connectivity index is 1.65. The van der Waals surface area contributed by atoms with E-state index in [1.165, 1.54) is 36.1 Å². The number of fused-ring (bicyclic) bond motifs is 1. The SMILES string of the molecule is CN(Cc1noc2c1CCCC2)C(c1ccccc1)c1ccc(F)cc1. The van der Waals surface area contributed by atoms with Crippen molar-refractivity contribution in [2.75, 3.05) is 7.05 Å². The molecule has 134 valence electrons. The molecule has 0 saturated heterocycles. The number of halogens is 1. The standard InChI is InChI=1S/C22H23FN2O/c1-25(15-20-19-9-5-6-10-21(19)26-24-20)22(16-7-3-2-4-8-16)17-11-13-18(23)14-12-17/h2-4,7-8,11-14,22H,5-6,9-10,15H2,1H3. The maximum Gasteiger partial charge on any atom is 0.140 e. The second-order valence-electron chi connectivity index (χ2n) is 7.02. The first-order valence-corrected chi connectivity index (χ1v) is 9.19. The molecule has 1 unspecified atom stereocenters. The quantitative estimate of drug-likeness (QED) is 0.654. The maximum absolute atomic E-state index is 13.4. The van der Waals surface area contributed by atoms with Crippen LogP contribution in [-0.4, -0.2) is 17.1 Å². The lowest BCUT2D eigenvalue weighted by atomic mass is 9.95. The van der Waals surface area contributed by atoms with Crippen molar-refractivity contribution >= 4 is 0 Å². The molecular formula is C22H23FN2O. The average Bonchev–Trinajstić information content (AvgIpc) is 3.07. The minimum Gasteiger partial charge on any atom is -0.361 e. The Kier molecular flexibility index (Phi) is 4.85. The van der Waals surface area contributed by atoms with Crippen molar-refractivity contribution in [3.63, 3.8) is 0 Å². The van der Waals surface area contributed by atoms with E-state index < -0.39 is 0 Å². The van der Waals surface area contributed by atoms with Gasteiger partial charge in [-0.3, -0.25) is 4.90 Å². The summed E-state index contributed by atoms with van der Waals surface area (Å²) in [7, 11) is 2.09. The number of nitrogens with zero attached hydrogens (tertiary/aromatic N) is 2. The molecule has 4 rings (SSSR count). The Hall–Kier alpha value is -2.46. The van der Waals surface area contributed by atoms with E-state index in [2.05, 4.69) is 29.2 Å². The zero-order valence-corrected chi connectivity index (χ0v) is 15.0. The molecule has 3 nitrogen and oxygen atoms in total. The van der Waals surface area contributed by atoms with Gasteiger partial charge in [-0.2, -0.15) is 0 Å². The monoisotopic (exact) mass is 350 g/mol. The highest BCUT2D eigenvalue weighted by atomic mass is 19.1. The average molecular weight is 350 g/mol. The molecule has 1 aliphatic rings. The van der Waals surface area contributed by atoms with Crippen LogP contribution in [0.15, 0.2) is 59.1 Å². The first-order valence-electron chi connectivity index (χ1n) is 9.19. The van der Waals surface area contributed by atoms with Crippen LogP contribution < -0.4 is 0 Å². The summed E-state index contributed by atoms with van der Waals surface area (Å²) in [6.45, 7) is 0.704. The number of aryl methyl sites for hydroxylation is 1. The minimum atomic E-state index is -0.214. The zero-order valence-electron chi connectivity index (χ0n) is 15.0. The molecule has 0 aliphatic heterocycles. The molecule has 0 saturated carbocycles. The summed E-state index contributed by atoms with van der Waals surface area (Å²) in [6, 6.07) is 17.1. The molecule has 0 N–H and O–H groups in total. The van der Waals surface area contributed by atoms with Crippen molar-refractivity contribution in [2.24, 2.45) is 0 Å². The van der Waals surface area contributed by atoms with Crippen molar-refractivity contribution in [3.8, 4) is 0 Å². The van der Waals surface area contributed by atoms with Gasteiger partial charge in [0.15, 0.2) is 0 Å². The van der Waals surface area contributed by atoms with Gasteiger partial charge in [0, 0.05) is 18.5 Å². The summed E-state index contributed by atoms with van der Waals surface area (Å²) >= 11 is 0. The third kappa shape index (κ3) is 3.42. The van der Waals surface area contributed by atoms with Gasteiger partial charge >= 0.3 is 0 Å². The summed E-state index contributed by atoms with van der Waals surface area (Å²) < 4.78 is 19.0. The lowest BCUT2D eigenvalue weighted by Crippen LogP contribution is -2.26. The van der Waals surface area contributed by atoms with E-state index in [0.29, 0.717) is 6.54 Å². The van der Waals surface area contributed by atoms with Crippen LogP contribution in [-0.2, 0) is 19.4 Å². The number of hydrogen-bond donors (Lipinski definition) is 0. The molecular weight excluding hydrogens is 327 g/mol. The van der Waals surface area contributed by atoms with E-state index >= 15 is 0 Å². The van der Waals surface area contributed by atoms with Gasteiger partial charge in [-0.15, -0.1) is 0 Å². The fourth-order valence-corrected chi connectivity index (χ4v) is 3.88. The van der Waals surface area contributed by atoms with E-state index in [4.69, 9.17) is 4.52 Å². The molecule has 3 aromatic rings. The normalized spacial score (nSPS) is 15.0. The van der Waals surface area contributed by atoms with Gasteiger partial charge in [-0.1, -0.05) is 47.6 Å². The fraction of sp³-hybridized carbons (Fsp3) is 0.318. The van der Waals surface area contributed by atoms with Gasteiger partial charge < -0.3 is 4.52 Å². The summed E-state index contributed by atoms with van der Waals surface area (Å²) in [4.78, 5) is 2.26. The number of hydrogen-bond acceptors (Lipinski definition) is 3. The zero-order chi connectivity index (χ0) is 17.9. The van der Waals surface area contributed by atoms with E-state index in [1.54, 1.807) is 0 Å². The Morgan fingerprint density at radius 3 is 2.46 bits per heavy atom. The molecule has 1 atom stereocenters. The molecule has 1 aromatic heterocycles. The van der Waals surface area contributed by atoms with Gasteiger partial charge in [0.2, 0.25) is 0 Å². The largest absolute Gasteiger partial charge is 0.361 e. The highest BCUT2D eigenvalue weighted by Gasteiger charge is 2.24. The molecule has 0 spiro atoms. The smallest absolute Gasteiger partial charge is 0.140 e. The van der Waals surface area contributed by atoms with Crippen LogP contribution in [0.4, 0.5) is 4.39 Å². The lowest BCUT2D eigenvalue weighted by Gasteiger charge is -2.29. The Bertz CT molecular complexity index is 858.